The number of nitrogens with two attached hydrogens (primary N) is 1. The lowest BCUT2D eigenvalue weighted by Gasteiger charge is -2.08. The number of carbonyl (C=O) groups excluding carboxylic acids is 1. The van der Waals surface area contributed by atoms with Gasteiger partial charge in [-0.2, -0.15) is 11.3 Å². The minimum absolute atomic E-state index is 0.0734. The smallest absolute Gasteiger partial charge is 0.268 e. The molecule has 5 heteroatoms. The van der Waals surface area contributed by atoms with Gasteiger partial charge in [0.15, 0.2) is 0 Å². The quantitative estimate of drug-likeness (QED) is 0.883. The van der Waals surface area contributed by atoms with Gasteiger partial charge in [0.05, 0.1) is 5.69 Å². The highest BCUT2D eigenvalue weighted by Gasteiger charge is 2.12. The lowest BCUT2D eigenvalue weighted by molar-refractivity contribution is 0.0941. The number of anilines is 1. The molecule has 0 aromatic carbocycles. The molecule has 0 aliphatic heterocycles. The molecule has 2 aromatic heterocycles. The Kier molecular flexibility index (Phi) is 4.27. The van der Waals surface area contributed by atoms with E-state index in [1.807, 2.05) is 10.8 Å². The monoisotopic (exact) mass is 277 g/mol. The number of rotatable bonds is 5. The second-order valence-corrected chi connectivity index (χ2v) is 5.36. The molecule has 102 valence electrons. The number of nitrogens with zero attached hydrogens (tertiary/aromatic N) is 1. The molecule has 0 unspecified atom stereocenters. The molecular formula is C14H19N3OS. The normalized spacial score (nSPS) is 10.6. The van der Waals surface area contributed by atoms with Gasteiger partial charge in [0.2, 0.25) is 0 Å². The number of aryl methyl sites for hydroxylation is 2. The van der Waals surface area contributed by atoms with Crippen LogP contribution in [0.3, 0.4) is 0 Å². The topological polar surface area (TPSA) is 60.0 Å². The van der Waals surface area contributed by atoms with Crippen LogP contribution in [0.25, 0.3) is 0 Å². The van der Waals surface area contributed by atoms with E-state index in [1.54, 1.807) is 17.4 Å². The average molecular weight is 277 g/mol. The van der Waals surface area contributed by atoms with Crippen LogP contribution in [0.5, 0.6) is 0 Å². The number of thiophene rings is 1. The molecule has 0 bridgehead atoms. The molecule has 0 saturated carbocycles. The number of amides is 1. The fourth-order valence-electron chi connectivity index (χ4n) is 1.98. The first-order valence-electron chi connectivity index (χ1n) is 6.37. The Balaban J connectivity index is 2.05. The molecule has 0 radical (unpaired) electrons. The Labute approximate surface area is 117 Å². The summed E-state index contributed by atoms with van der Waals surface area (Å²) in [4.78, 5) is 12.2. The second kappa shape index (κ2) is 5.93. The summed E-state index contributed by atoms with van der Waals surface area (Å²) in [5.41, 5.74) is 9.41. The zero-order valence-corrected chi connectivity index (χ0v) is 12.1. The number of hydrogen-bond donors (Lipinski definition) is 2. The molecule has 0 aliphatic rings. The first-order valence-corrected chi connectivity index (χ1v) is 7.31. The maximum absolute atomic E-state index is 12.2. The molecule has 0 fully saturated rings. The Morgan fingerprint density at radius 3 is 2.89 bits per heavy atom. The minimum Gasteiger partial charge on any atom is -0.397 e. The summed E-state index contributed by atoms with van der Waals surface area (Å²) in [6.07, 6.45) is 2.78. The van der Waals surface area contributed by atoms with Gasteiger partial charge in [-0.05, 0) is 41.3 Å². The van der Waals surface area contributed by atoms with E-state index in [0.29, 0.717) is 17.9 Å². The molecule has 0 aliphatic carbocycles. The standard InChI is InChI=1S/C14H19N3OS/c1-3-4-17-7-12(15)5-13(17)14(18)16-6-11-9-19-8-10(11)2/h5,7-9H,3-4,6,15H2,1-2H3,(H,16,18). The highest BCUT2D eigenvalue weighted by molar-refractivity contribution is 7.08. The van der Waals surface area contributed by atoms with Gasteiger partial charge in [0.1, 0.15) is 5.69 Å². The Morgan fingerprint density at radius 2 is 2.26 bits per heavy atom. The zero-order valence-electron chi connectivity index (χ0n) is 11.3. The van der Waals surface area contributed by atoms with Crippen molar-refractivity contribution in [2.75, 3.05) is 5.73 Å². The summed E-state index contributed by atoms with van der Waals surface area (Å²) < 4.78 is 1.91. The molecule has 0 atom stereocenters. The number of carbonyl (C=O) groups is 1. The highest BCUT2D eigenvalue weighted by Crippen LogP contribution is 2.14. The molecule has 2 heterocycles. The molecule has 0 spiro atoms. The van der Waals surface area contributed by atoms with Gasteiger partial charge in [-0.3, -0.25) is 4.79 Å². The molecule has 1 amide bonds. The number of nitrogens with one attached hydrogen (secondary N) is 1. The van der Waals surface area contributed by atoms with Gasteiger partial charge in [-0.15, -0.1) is 0 Å². The van der Waals surface area contributed by atoms with Gasteiger partial charge >= 0.3 is 0 Å². The highest BCUT2D eigenvalue weighted by atomic mass is 32.1. The molecule has 2 rings (SSSR count). The van der Waals surface area contributed by atoms with Crippen molar-refractivity contribution in [2.24, 2.45) is 0 Å². The van der Waals surface area contributed by atoms with E-state index in [9.17, 15) is 4.79 Å². The predicted molar refractivity (Wildman–Crippen MR) is 79.4 cm³/mol. The predicted octanol–water partition coefficient (Wildman–Crippen LogP) is 2.78. The van der Waals surface area contributed by atoms with Crippen molar-refractivity contribution in [3.8, 4) is 0 Å². The van der Waals surface area contributed by atoms with Crippen molar-refractivity contribution >= 4 is 22.9 Å². The van der Waals surface area contributed by atoms with Crippen LogP contribution in [-0.4, -0.2) is 10.5 Å². The molecule has 3 N–H and O–H groups in total. The average Bonchev–Trinajstić information content (AvgIpc) is 2.93. The lowest BCUT2D eigenvalue weighted by atomic mass is 10.2. The van der Waals surface area contributed by atoms with Gasteiger partial charge in [0, 0.05) is 19.3 Å². The summed E-state index contributed by atoms with van der Waals surface area (Å²) >= 11 is 1.65. The largest absolute Gasteiger partial charge is 0.397 e. The van der Waals surface area contributed by atoms with E-state index >= 15 is 0 Å². The first kappa shape index (κ1) is 13.7. The Morgan fingerprint density at radius 1 is 1.47 bits per heavy atom. The number of aromatic nitrogens is 1. The molecule has 19 heavy (non-hydrogen) atoms. The van der Waals surface area contributed by atoms with E-state index in [-0.39, 0.29) is 5.91 Å². The van der Waals surface area contributed by atoms with Crippen molar-refractivity contribution < 1.29 is 4.79 Å². The van der Waals surface area contributed by atoms with Crippen LogP contribution in [0.15, 0.2) is 23.0 Å². The summed E-state index contributed by atoms with van der Waals surface area (Å²) in [5, 5.41) is 7.09. The third-order valence-corrected chi connectivity index (χ3v) is 3.93. The van der Waals surface area contributed by atoms with Crippen LogP contribution in [0, 0.1) is 6.92 Å². The maximum Gasteiger partial charge on any atom is 0.268 e. The number of nitrogen functional groups attached to an aromatic ring is 1. The Hall–Kier alpha value is -1.75. The Bertz CT molecular complexity index is 571. The fourth-order valence-corrected chi connectivity index (χ4v) is 2.84. The van der Waals surface area contributed by atoms with Crippen LogP contribution >= 0.6 is 11.3 Å². The SMILES string of the molecule is CCCn1cc(N)cc1C(=O)NCc1cscc1C. The molecule has 0 saturated heterocycles. The fraction of sp³-hybridized carbons (Fsp3) is 0.357. The van der Waals surface area contributed by atoms with Crippen molar-refractivity contribution in [3.05, 3.63) is 39.8 Å². The lowest BCUT2D eigenvalue weighted by Crippen LogP contribution is -2.25. The van der Waals surface area contributed by atoms with Crippen molar-refractivity contribution in [2.45, 2.75) is 33.4 Å². The first-order chi connectivity index (χ1) is 9.11. The summed E-state index contributed by atoms with van der Waals surface area (Å²) in [6, 6.07) is 1.73. The second-order valence-electron chi connectivity index (χ2n) is 4.61. The molecule has 2 aromatic rings. The third-order valence-electron chi connectivity index (χ3n) is 3.02. The van der Waals surface area contributed by atoms with E-state index in [2.05, 4.69) is 29.9 Å². The summed E-state index contributed by atoms with van der Waals surface area (Å²) in [5.74, 6) is -0.0734. The summed E-state index contributed by atoms with van der Waals surface area (Å²) in [7, 11) is 0. The van der Waals surface area contributed by atoms with Gasteiger partial charge < -0.3 is 15.6 Å². The van der Waals surface area contributed by atoms with Crippen LogP contribution in [-0.2, 0) is 13.1 Å². The maximum atomic E-state index is 12.2. The van der Waals surface area contributed by atoms with E-state index in [0.717, 1.165) is 13.0 Å². The van der Waals surface area contributed by atoms with E-state index in [4.69, 9.17) is 5.73 Å². The molecule has 4 nitrogen and oxygen atoms in total. The third kappa shape index (κ3) is 3.17. The molecular weight excluding hydrogens is 258 g/mol. The van der Waals surface area contributed by atoms with Crippen molar-refractivity contribution in [1.29, 1.82) is 0 Å². The number of hydrogen-bond acceptors (Lipinski definition) is 3. The van der Waals surface area contributed by atoms with Crippen LogP contribution < -0.4 is 11.1 Å². The van der Waals surface area contributed by atoms with Crippen LogP contribution in [0.1, 0.15) is 35.0 Å². The van der Waals surface area contributed by atoms with Crippen molar-refractivity contribution in [3.63, 3.8) is 0 Å². The van der Waals surface area contributed by atoms with Gasteiger partial charge in [-0.1, -0.05) is 6.92 Å². The summed E-state index contributed by atoms with van der Waals surface area (Å²) in [6.45, 7) is 5.49. The van der Waals surface area contributed by atoms with Crippen LogP contribution in [0.2, 0.25) is 0 Å². The minimum atomic E-state index is -0.0734. The van der Waals surface area contributed by atoms with E-state index in [1.165, 1.54) is 11.1 Å². The van der Waals surface area contributed by atoms with Crippen LogP contribution in [0.4, 0.5) is 5.69 Å². The van der Waals surface area contributed by atoms with E-state index < -0.39 is 0 Å². The van der Waals surface area contributed by atoms with Gasteiger partial charge in [0.25, 0.3) is 5.91 Å². The van der Waals surface area contributed by atoms with Gasteiger partial charge in [-0.25, -0.2) is 0 Å². The zero-order chi connectivity index (χ0) is 13.8. The van der Waals surface area contributed by atoms with Crippen molar-refractivity contribution in [1.82, 2.24) is 9.88 Å².